The second-order valence-electron chi connectivity index (χ2n) is 7.29. The molecule has 168 valence electrons. The van der Waals surface area contributed by atoms with Crippen molar-refractivity contribution < 1.29 is 22.7 Å². The third-order valence-electron chi connectivity index (χ3n) is 5.13. The molecule has 0 saturated carbocycles. The van der Waals surface area contributed by atoms with Crippen molar-refractivity contribution in [3.8, 4) is 0 Å². The Morgan fingerprint density at radius 1 is 1.06 bits per heavy atom. The molecule has 8 nitrogen and oxygen atoms in total. The number of hydrogen-bond acceptors (Lipinski definition) is 9. The lowest BCUT2D eigenvalue weighted by Gasteiger charge is -2.27. The highest BCUT2D eigenvalue weighted by Gasteiger charge is 2.30. The Labute approximate surface area is 190 Å². The maximum atomic E-state index is 13.4. The Hall–Kier alpha value is -1.66. The van der Waals surface area contributed by atoms with Crippen LogP contribution in [-0.4, -0.2) is 82.6 Å². The summed E-state index contributed by atoms with van der Waals surface area (Å²) in [7, 11) is -3.78. The topological polar surface area (TPSA) is 89.0 Å². The van der Waals surface area contributed by atoms with E-state index >= 15 is 0 Å². The summed E-state index contributed by atoms with van der Waals surface area (Å²) in [5, 5.41) is 0.676. The molecule has 2 aromatic rings. The number of thioether (sulfide) groups is 1. The first-order chi connectivity index (χ1) is 14.9. The van der Waals surface area contributed by atoms with Gasteiger partial charge >= 0.3 is 0 Å². The zero-order valence-electron chi connectivity index (χ0n) is 17.3. The molecule has 0 N–H and O–H groups in total. The Bertz CT molecular complexity index is 1010. The van der Waals surface area contributed by atoms with Gasteiger partial charge < -0.3 is 19.3 Å². The lowest BCUT2D eigenvalue weighted by atomic mass is 10.2. The summed E-state index contributed by atoms with van der Waals surface area (Å²) in [6.45, 7) is 6.48. The molecule has 31 heavy (non-hydrogen) atoms. The van der Waals surface area contributed by atoms with Crippen LogP contribution in [0.5, 0.6) is 0 Å². The molecule has 2 aliphatic rings. The third-order valence-corrected chi connectivity index (χ3v) is 9.19. The van der Waals surface area contributed by atoms with Crippen LogP contribution < -0.4 is 4.90 Å². The summed E-state index contributed by atoms with van der Waals surface area (Å²) in [4.78, 5) is 21.0. The summed E-state index contributed by atoms with van der Waals surface area (Å²) >= 11 is 2.61. The fourth-order valence-corrected chi connectivity index (χ4v) is 7.18. The molecular weight excluding hydrogens is 458 g/mol. The van der Waals surface area contributed by atoms with Crippen molar-refractivity contribution >= 4 is 43.8 Å². The van der Waals surface area contributed by atoms with Crippen LogP contribution in [0.15, 0.2) is 38.5 Å². The van der Waals surface area contributed by atoms with Gasteiger partial charge in [-0.25, -0.2) is 13.4 Å². The van der Waals surface area contributed by atoms with Gasteiger partial charge in [0.1, 0.15) is 5.00 Å². The number of benzene rings is 1. The van der Waals surface area contributed by atoms with E-state index in [1.807, 2.05) is 11.8 Å². The fraction of sp³-hybridized carbons (Fsp3) is 0.500. The highest BCUT2D eigenvalue weighted by molar-refractivity contribution is 8.01. The van der Waals surface area contributed by atoms with E-state index in [0.29, 0.717) is 61.9 Å². The van der Waals surface area contributed by atoms with Crippen LogP contribution in [0.3, 0.4) is 0 Å². The SMILES string of the molecule is Cc1ccc(S(=O)(=O)c2nc(SCC(=O)N3CCOCC3)sc2N2CCOCC2)cc1. The summed E-state index contributed by atoms with van der Waals surface area (Å²) in [6, 6.07) is 6.79. The first-order valence-electron chi connectivity index (χ1n) is 10.1. The van der Waals surface area contributed by atoms with Crippen molar-refractivity contribution in [3.05, 3.63) is 29.8 Å². The quantitative estimate of drug-likeness (QED) is 0.577. The van der Waals surface area contributed by atoms with E-state index in [0.717, 1.165) is 5.56 Å². The van der Waals surface area contributed by atoms with Gasteiger partial charge in [-0.15, -0.1) is 0 Å². The molecule has 0 unspecified atom stereocenters. The summed E-state index contributed by atoms with van der Waals surface area (Å²) in [5.41, 5.74) is 0.989. The number of nitrogens with zero attached hydrogens (tertiary/aromatic N) is 3. The molecule has 0 aliphatic carbocycles. The lowest BCUT2D eigenvalue weighted by molar-refractivity contribution is -0.132. The van der Waals surface area contributed by atoms with Crippen LogP contribution in [0.4, 0.5) is 5.00 Å². The first-order valence-corrected chi connectivity index (χ1v) is 13.4. The van der Waals surface area contributed by atoms with Crippen molar-refractivity contribution in [2.75, 3.05) is 63.3 Å². The minimum absolute atomic E-state index is 0.0133. The monoisotopic (exact) mass is 483 g/mol. The standard InChI is InChI=1S/C20H25N3O5S3/c1-15-2-4-16(5-3-15)31(25,26)18-19(23-8-12-28-13-9-23)30-20(21-18)29-14-17(24)22-6-10-27-11-7-22/h2-5H,6-14H2,1H3. The Kier molecular flexibility index (Phi) is 7.17. The zero-order chi connectivity index (χ0) is 21.8. The third kappa shape index (κ3) is 5.23. The van der Waals surface area contributed by atoms with Crippen LogP contribution in [0.25, 0.3) is 0 Å². The first kappa shape index (κ1) is 22.5. The molecule has 1 aromatic carbocycles. The molecule has 11 heteroatoms. The number of hydrogen-bond donors (Lipinski definition) is 0. The van der Waals surface area contributed by atoms with E-state index in [1.165, 1.54) is 23.1 Å². The van der Waals surface area contributed by atoms with Crippen LogP contribution in [0, 0.1) is 6.92 Å². The normalized spacial score (nSPS) is 17.7. The number of aromatic nitrogens is 1. The predicted octanol–water partition coefficient (Wildman–Crippen LogP) is 2.07. The van der Waals surface area contributed by atoms with E-state index in [1.54, 1.807) is 29.2 Å². The van der Waals surface area contributed by atoms with Crippen LogP contribution in [0.2, 0.25) is 0 Å². The number of sulfone groups is 1. The molecule has 2 aliphatic heterocycles. The highest BCUT2D eigenvalue weighted by atomic mass is 32.2. The predicted molar refractivity (Wildman–Crippen MR) is 120 cm³/mol. The van der Waals surface area contributed by atoms with Gasteiger partial charge in [0.05, 0.1) is 37.1 Å². The minimum atomic E-state index is -3.78. The van der Waals surface area contributed by atoms with Crippen LogP contribution >= 0.6 is 23.1 Å². The van der Waals surface area contributed by atoms with Crippen molar-refractivity contribution in [1.29, 1.82) is 0 Å². The molecule has 3 heterocycles. The number of morpholine rings is 2. The van der Waals surface area contributed by atoms with Gasteiger partial charge in [0.2, 0.25) is 15.7 Å². The van der Waals surface area contributed by atoms with Crippen molar-refractivity contribution in [2.24, 2.45) is 0 Å². The largest absolute Gasteiger partial charge is 0.378 e. The van der Waals surface area contributed by atoms with E-state index in [9.17, 15) is 13.2 Å². The summed E-state index contributed by atoms with van der Waals surface area (Å²) in [6.07, 6.45) is 0. The average Bonchev–Trinajstić information content (AvgIpc) is 3.24. The smallest absolute Gasteiger partial charge is 0.233 e. The molecule has 2 saturated heterocycles. The molecule has 4 rings (SSSR count). The number of amides is 1. The molecular formula is C20H25N3O5S3. The second kappa shape index (κ2) is 9.86. The van der Waals surface area contributed by atoms with Gasteiger partial charge in [-0.3, -0.25) is 4.79 Å². The number of ether oxygens (including phenoxy) is 2. The van der Waals surface area contributed by atoms with Gasteiger partial charge in [0, 0.05) is 26.2 Å². The Morgan fingerprint density at radius 2 is 1.68 bits per heavy atom. The minimum Gasteiger partial charge on any atom is -0.378 e. The van der Waals surface area contributed by atoms with E-state index in [4.69, 9.17) is 9.47 Å². The number of carbonyl (C=O) groups excluding carboxylic acids is 1. The van der Waals surface area contributed by atoms with E-state index in [-0.39, 0.29) is 21.6 Å². The van der Waals surface area contributed by atoms with Gasteiger partial charge in [0.25, 0.3) is 0 Å². The Balaban J connectivity index is 1.59. The van der Waals surface area contributed by atoms with E-state index in [2.05, 4.69) is 4.98 Å². The van der Waals surface area contributed by atoms with Crippen molar-refractivity contribution in [2.45, 2.75) is 21.2 Å². The zero-order valence-corrected chi connectivity index (χ0v) is 19.7. The number of thiazole rings is 1. The molecule has 0 spiro atoms. The lowest BCUT2D eigenvalue weighted by Crippen LogP contribution is -2.41. The van der Waals surface area contributed by atoms with E-state index < -0.39 is 9.84 Å². The van der Waals surface area contributed by atoms with Crippen molar-refractivity contribution in [1.82, 2.24) is 9.88 Å². The molecule has 2 fully saturated rings. The van der Waals surface area contributed by atoms with Gasteiger partial charge in [0.15, 0.2) is 9.37 Å². The highest BCUT2D eigenvalue weighted by Crippen LogP contribution is 2.39. The number of carbonyl (C=O) groups is 1. The second-order valence-corrected chi connectivity index (χ2v) is 11.4. The Morgan fingerprint density at radius 3 is 2.32 bits per heavy atom. The van der Waals surface area contributed by atoms with Crippen LogP contribution in [-0.2, 0) is 24.1 Å². The molecule has 1 aromatic heterocycles. The number of aryl methyl sites for hydroxylation is 1. The fourth-order valence-electron chi connectivity index (χ4n) is 3.34. The van der Waals surface area contributed by atoms with Crippen molar-refractivity contribution in [3.63, 3.8) is 0 Å². The summed E-state index contributed by atoms with van der Waals surface area (Å²) in [5.74, 6) is 0.236. The molecule has 1 amide bonds. The molecule has 0 bridgehead atoms. The van der Waals surface area contributed by atoms with Gasteiger partial charge in [-0.1, -0.05) is 40.8 Å². The van der Waals surface area contributed by atoms with Gasteiger partial charge in [-0.2, -0.15) is 0 Å². The average molecular weight is 484 g/mol. The maximum Gasteiger partial charge on any atom is 0.233 e. The number of rotatable bonds is 6. The molecule has 0 radical (unpaired) electrons. The molecule has 0 atom stereocenters. The summed E-state index contributed by atoms with van der Waals surface area (Å²) < 4.78 is 38.1. The maximum absolute atomic E-state index is 13.4. The number of anilines is 1. The van der Waals surface area contributed by atoms with Gasteiger partial charge in [-0.05, 0) is 19.1 Å². The van der Waals surface area contributed by atoms with Crippen LogP contribution in [0.1, 0.15) is 5.56 Å².